The third-order valence-corrected chi connectivity index (χ3v) is 4.11. The molecular formula is C13H16FNO2S. The van der Waals surface area contributed by atoms with Crippen LogP contribution in [-0.4, -0.2) is 14.2 Å². The molecule has 0 fully saturated rings. The predicted octanol–water partition coefficient (Wildman–Crippen LogP) is 2.66. The Morgan fingerprint density at radius 2 is 2.00 bits per heavy atom. The van der Waals surface area contributed by atoms with E-state index in [0.29, 0.717) is 17.9 Å². The molecule has 0 atom stereocenters. The van der Waals surface area contributed by atoms with Crippen LogP contribution in [0.15, 0.2) is 18.2 Å². The van der Waals surface area contributed by atoms with Crippen molar-refractivity contribution in [1.29, 1.82) is 5.26 Å². The van der Waals surface area contributed by atoms with Crippen molar-refractivity contribution >= 4 is 9.84 Å². The van der Waals surface area contributed by atoms with Gasteiger partial charge in [0.2, 0.25) is 0 Å². The minimum Gasteiger partial charge on any atom is -0.228 e. The highest BCUT2D eigenvalue weighted by Gasteiger charge is 2.14. The van der Waals surface area contributed by atoms with Crippen molar-refractivity contribution in [2.24, 2.45) is 5.92 Å². The van der Waals surface area contributed by atoms with E-state index in [1.807, 2.05) is 19.9 Å². The average Bonchev–Trinajstić information content (AvgIpc) is 2.25. The third-order valence-electron chi connectivity index (χ3n) is 2.48. The normalized spacial score (nSPS) is 11.5. The lowest BCUT2D eigenvalue weighted by Crippen LogP contribution is -2.11. The molecule has 0 aliphatic heterocycles. The molecule has 0 bridgehead atoms. The molecule has 1 aromatic rings. The number of rotatable bonds is 5. The summed E-state index contributed by atoms with van der Waals surface area (Å²) in [4.78, 5) is 0. The van der Waals surface area contributed by atoms with Gasteiger partial charge in [0.25, 0.3) is 0 Å². The Labute approximate surface area is 107 Å². The maximum absolute atomic E-state index is 13.2. The fourth-order valence-corrected chi connectivity index (χ4v) is 3.19. The van der Waals surface area contributed by atoms with Crippen LogP contribution >= 0.6 is 0 Å². The predicted molar refractivity (Wildman–Crippen MR) is 68.1 cm³/mol. The molecule has 0 heterocycles. The molecule has 0 amide bonds. The minimum atomic E-state index is -3.25. The van der Waals surface area contributed by atoms with Gasteiger partial charge in [-0.15, -0.1) is 0 Å². The molecular weight excluding hydrogens is 253 g/mol. The molecule has 0 saturated heterocycles. The second-order valence-electron chi connectivity index (χ2n) is 4.73. The van der Waals surface area contributed by atoms with Crippen LogP contribution in [0.25, 0.3) is 0 Å². The second-order valence-corrected chi connectivity index (χ2v) is 6.92. The van der Waals surface area contributed by atoms with Crippen LogP contribution in [0.5, 0.6) is 0 Å². The Morgan fingerprint density at radius 1 is 1.33 bits per heavy atom. The first-order valence-electron chi connectivity index (χ1n) is 5.72. The van der Waals surface area contributed by atoms with Crippen LogP contribution < -0.4 is 0 Å². The third kappa shape index (κ3) is 4.84. The molecule has 1 aromatic carbocycles. The molecule has 0 aliphatic carbocycles. The molecule has 0 radical (unpaired) electrons. The van der Waals surface area contributed by atoms with Crippen molar-refractivity contribution in [3.8, 4) is 6.07 Å². The quantitative estimate of drug-likeness (QED) is 0.825. The van der Waals surface area contributed by atoms with E-state index in [0.717, 1.165) is 12.1 Å². The fourth-order valence-electron chi connectivity index (χ4n) is 1.54. The Morgan fingerprint density at radius 3 is 2.56 bits per heavy atom. The van der Waals surface area contributed by atoms with Gasteiger partial charge in [-0.05, 0) is 36.1 Å². The summed E-state index contributed by atoms with van der Waals surface area (Å²) < 4.78 is 36.8. The highest BCUT2D eigenvalue weighted by Crippen LogP contribution is 2.14. The topological polar surface area (TPSA) is 57.9 Å². The summed E-state index contributed by atoms with van der Waals surface area (Å²) in [5, 5.41) is 8.69. The number of halogens is 1. The van der Waals surface area contributed by atoms with E-state index in [-0.39, 0.29) is 17.1 Å². The second kappa shape index (κ2) is 5.96. The van der Waals surface area contributed by atoms with Crippen LogP contribution in [0, 0.1) is 23.1 Å². The van der Waals surface area contributed by atoms with E-state index in [9.17, 15) is 12.8 Å². The maximum Gasteiger partial charge on any atom is 0.154 e. The van der Waals surface area contributed by atoms with Gasteiger partial charge >= 0.3 is 0 Å². The molecule has 3 nitrogen and oxygen atoms in total. The molecule has 0 aromatic heterocycles. The SMILES string of the molecule is CC(C)CCS(=O)(=O)Cc1cc(F)cc(C#N)c1. The van der Waals surface area contributed by atoms with Gasteiger partial charge in [0.15, 0.2) is 9.84 Å². The van der Waals surface area contributed by atoms with Gasteiger partial charge in [0.05, 0.1) is 23.1 Å². The highest BCUT2D eigenvalue weighted by atomic mass is 32.2. The van der Waals surface area contributed by atoms with Crippen molar-refractivity contribution in [2.75, 3.05) is 5.75 Å². The Kier molecular flexibility index (Phi) is 4.85. The molecule has 1 rings (SSSR count). The van der Waals surface area contributed by atoms with Gasteiger partial charge < -0.3 is 0 Å². The molecule has 0 N–H and O–H groups in total. The first-order chi connectivity index (χ1) is 8.32. The molecule has 5 heteroatoms. The smallest absolute Gasteiger partial charge is 0.154 e. The van der Waals surface area contributed by atoms with E-state index >= 15 is 0 Å². The number of nitriles is 1. The molecule has 0 spiro atoms. The molecule has 98 valence electrons. The minimum absolute atomic E-state index is 0.0864. The van der Waals surface area contributed by atoms with Gasteiger partial charge in [-0.2, -0.15) is 5.26 Å². The van der Waals surface area contributed by atoms with Crippen LogP contribution in [0.2, 0.25) is 0 Å². The number of hydrogen-bond donors (Lipinski definition) is 0. The van der Waals surface area contributed by atoms with Crippen LogP contribution in [0.1, 0.15) is 31.4 Å². The molecule has 18 heavy (non-hydrogen) atoms. The summed E-state index contributed by atoms with van der Waals surface area (Å²) in [6.45, 7) is 3.90. The van der Waals surface area contributed by atoms with Crippen molar-refractivity contribution < 1.29 is 12.8 Å². The number of sulfone groups is 1. The summed E-state index contributed by atoms with van der Waals surface area (Å²) in [6.07, 6.45) is 0.586. The van der Waals surface area contributed by atoms with E-state index in [4.69, 9.17) is 5.26 Å². The zero-order valence-corrected chi connectivity index (χ0v) is 11.3. The first-order valence-corrected chi connectivity index (χ1v) is 7.54. The highest BCUT2D eigenvalue weighted by molar-refractivity contribution is 7.90. The Balaban J connectivity index is 2.84. The van der Waals surface area contributed by atoms with Crippen LogP contribution in [0.4, 0.5) is 4.39 Å². The summed E-state index contributed by atoms with van der Waals surface area (Å²) in [6, 6.07) is 5.47. The summed E-state index contributed by atoms with van der Waals surface area (Å²) in [7, 11) is -3.25. The van der Waals surface area contributed by atoms with Crippen LogP contribution in [-0.2, 0) is 15.6 Å². The molecule has 0 saturated carbocycles. The summed E-state index contributed by atoms with van der Waals surface area (Å²) >= 11 is 0. The fraction of sp³-hybridized carbons (Fsp3) is 0.462. The van der Waals surface area contributed by atoms with Gasteiger partial charge in [0.1, 0.15) is 5.82 Å². The van der Waals surface area contributed by atoms with E-state index in [1.165, 1.54) is 6.07 Å². The van der Waals surface area contributed by atoms with Gasteiger partial charge in [-0.3, -0.25) is 0 Å². The molecule has 0 unspecified atom stereocenters. The summed E-state index contributed by atoms with van der Waals surface area (Å²) in [5.74, 6) is -0.403. The van der Waals surface area contributed by atoms with Crippen LogP contribution in [0.3, 0.4) is 0 Å². The Bertz CT molecular complexity index is 559. The zero-order valence-electron chi connectivity index (χ0n) is 10.5. The van der Waals surface area contributed by atoms with Crippen molar-refractivity contribution in [3.63, 3.8) is 0 Å². The largest absolute Gasteiger partial charge is 0.228 e. The molecule has 0 aliphatic rings. The van der Waals surface area contributed by atoms with E-state index in [1.54, 1.807) is 0 Å². The van der Waals surface area contributed by atoms with Crippen molar-refractivity contribution in [2.45, 2.75) is 26.0 Å². The lowest BCUT2D eigenvalue weighted by Gasteiger charge is -2.07. The monoisotopic (exact) mass is 269 g/mol. The number of benzene rings is 1. The van der Waals surface area contributed by atoms with E-state index < -0.39 is 15.7 Å². The standard InChI is InChI=1S/C13H16FNO2S/c1-10(2)3-4-18(16,17)9-12-5-11(8-15)6-13(14)7-12/h5-7,10H,3-4,9H2,1-2H3. The van der Waals surface area contributed by atoms with E-state index in [2.05, 4.69) is 0 Å². The van der Waals surface area contributed by atoms with Gasteiger partial charge in [0, 0.05) is 0 Å². The van der Waals surface area contributed by atoms with Gasteiger partial charge in [-0.25, -0.2) is 12.8 Å². The lowest BCUT2D eigenvalue weighted by atomic mass is 10.1. The maximum atomic E-state index is 13.2. The number of nitrogens with zero attached hydrogens (tertiary/aromatic N) is 1. The Hall–Kier alpha value is -1.41. The van der Waals surface area contributed by atoms with Gasteiger partial charge in [-0.1, -0.05) is 13.8 Å². The summed E-state index contributed by atoms with van der Waals surface area (Å²) in [5.41, 5.74) is 0.472. The number of hydrogen-bond acceptors (Lipinski definition) is 3. The van der Waals surface area contributed by atoms with Crippen molar-refractivity contribution in [1.82, 2.24) is 0 Å². The van der Waals surface area contributed by atoms with Crippen molar-refractivity contribution in [3.05, 3.63) is 35.1 Å². The zero-order chi connectivity index (χ0) is 13.8. The average molecular weight is 269 g/mol. The first kappa shape index (κ1) is 14.7. The lowest BCUT2D eigenvalue weighted by molar-refractivity contribution is 0.572.